The summed E-state index contributed by atoms with van der Waals surface area (Å²) in [6.45, 7) is 8.93. The molecule has 0 heterocycles. The molecule has 0 radical (unpaired) electrons. The number of nitrogens with zero attached hydrogens (tertiary/aromatic N) is 1. The SMILES string of the molecule is CCNC(=NCC(CC)(CC)CCO)NCCc1ccc(OCC(=O)NC2CC2)cc1.I. The maximum absolute atomic E-state index is 11.7. The number of rotatable bonds is 14. The van der Waals surface area contributed by atoms with Gasteiger partial charge in [-0.25, -0.2) is 0 Å². The zero-order valence-electron chi connectivity index (χ0n) is 19.8. The number of benzene rings is 1. The van der Waals surface area contributed by atoms with Crippen molar-refractivity contribution in [2.24, 2.45) is 10.4 Å². The molecule has 1 aromatic carbocycles. The molecule has 1 aliphatic rings. The van der Waals surface area contributed by atoms with Crippen molar-refractivity contribution in [3.8, 4) is 5.75 Å². The van der Waals surface area contributed by atoms with E-state index in [2.05, 4.69) is 36.7 Å². The lowest BCUT2D eigenvalue weighted by Crippen LogP contribution is -2.39. The van der Waals surface area contributed by atoms with Crippen molar-refractivity contribution in [3.63, 3.8) is 0 Å². The van der Waals surface area contributed by atoms with E-state index in [9.17, 15) is 9.90 Å². The number of halogens is 1. The molecule has 8 heteroatoms. The van der Waals surface area contributed by atoms with Crippen LogP contribution in [0.1, 0.15) is 58.4 Å². The van der Waals surface area contributed by atoms with Crippen molar-refractivity contribution in [2.45, 2.75) is 65.3 Å². The molecule has 32 heavy (non-hydrogen) atoms. The molecule has 0 atom stereocenters. The highest BCUT2D eigenvalue weighted by atomic mass is 127. The molecule has 0 aliphatic heterocycles. The molecule has 1 saturated carbocycles. The van der Waals surface area contributed by atoms with E-state index in [4.69, 9.17) is 9.73 Å². The lowest BCUT2D eigenvalue weighted by atomic mass is 9.79. The van der Waals surface area contributed by atoms with Crippen LogP contribution in [0.25, 0.3) is 0 Å². The van der Waals surface area contributed by atoms with Crippen LogP contribution in [0.5, 0.6) is 5.75 Å². The van der Waals surface area contributed by atoms with E-state index in [-0.39, 0.29) is 48.5 Å². The Morgan fingerprint density at radius 1 is 1.16 bits per heavy atom. The first-order valence-electron chi connectivity index (χ1n) is 11.7. The number of aliphatic hydroxyl groups is 1. The number of aliphatic hydroxyl groups excluding tert-OH is 1. The van der Waals surface area contributed by atoms with Crippen molar-refractivity contribution in [1.29, 1.82) is 0 Å². The molecule has 1 fully saturated rings. The second-order valence-electron chi connectivity index (χ2n) is 8.33. The summed E-state index contributed by atoms with van der Waals surface area (Å²) >= 11 is 0. The number of amides is 1. The molecular weight excluding hydrogens is 519 g/mol. The lowest BCUT2D eigenvalue weighted by Gasteiger charge is -2.29. The van der Waals surface area contributed by atoms with Gasteiger partial charge in [-0.3, -0.25) is 9.79 Å². The Balaban J connectivity index is 0.00000512. The number of hydrogen-bond donors (Lipinski definition) is 4. The van der Waals surface area contributed by atoms with Gasteiger partial charge in [0.15, 0.2) is 12.6 Å². The average molecular weight is 561 g/mol. The third-order valence-corrected chi connectivity index (χ3v) is 6.00. The fourth-order valence-corrected chi connectivity index (χ4v) is 3.46. The highest BCUT2D eigenvalue weighted by molar-refractivity contribution is 14.0. The summed E-state index contributed by atoms with van der Waals surface area (Å²) in [5.74, 6) is 1.46. The van der Waals surface area contributed by atoms with Crippen LogP contribution in [-0.2, 0) is 11.2 Å². The number of ether oxygens (including phenoxy) is 1. The van der Waals surface area contributed by atoms with E-state index in [1.807, 2.05) is 24.3 Å². The van der Waals surface area contributed by atoms with E-state index in [1.165, 1.54) is 5.56 Å². The quantitative estimate of drug-likeness (QED) is 0.159. The molecule has 7 nitrogen and oxygen atoms in total. The van der Waals surface area contributed by atoms with Gasteiger partial charge < -0.3 is 25.8 Å². The summed E-state index contributed by atoms with van der Waals surface area (Å²) in [6, 6.07) is 8.23. The van der Waals surface area contributed by atoms with E-state index < -0.39 is 0 Å². The molecule has 182 valence electrons. The highest BCUT2D eigenvalue weighted by Crippen LogP contribution is 2.30. The molecule has 2 rings (SSSR count). The van der Waals surface area contributed by atoms with Crippen molar-refractivity contribution >= 4 is 35.8 Å². The predicted molar refractivity (Wildman–Crippen MR) is 141 cm³/mol. The lowest BCUT2D eigenvalue weighted by molar-refractivity contribution is -0.123. The minimum atomic E-state index is -0.0554. The van der Waals surface area contributed by atoms with Gasteiger partial charge in [-0.1, -0.05) is 26.0 Å². The van der Waals surface area contributed by atoms with Crippen LogP contribution in [0.2, 0.25) is 0 Å². The second kappa shape index (κ2) is 15.3. The summed E-state index contributed by atoms with van der Waals surface area (Å²) in [7, 11) is 0. The van der Waals surface area contributed by atoms with Gasteiger partial charge in [0.1, 0.15) is 5.75 Å². The monoisotopic (exact) mass is 560 g/mol. The van der Waals surface area contributed by atoms with Gasteiger partial charge in [0.2, 0.25) is 0 Å². The summed E-state index contributed by atoms with van der Waals surface area (Å²) in [5, 5.41) is 19.0. The molecule has 0 spiro atoms. The van der Waals surface area contributed by atoms with Gasteiger partial charge in [0.25, 0.3) is 5.91 Å². The van der Waals surface area contributed by atoms with E-state index >= 15 is 0 Å². The maximum atomic E-state index is 11.7. The molecule has 1 aliphatic carbocycles. The average Bonchev–Trinajstić information content (AvgIpc) is 3.60. The Kier molecular flexibility index (Phi) is 13.6. The van der Waals surface area contributed by atoms with Crippen LogP contribution in [-0.4, -0.2) is 55.9 Å². The van der Waals surface area contributed by atoms with Crippen LogP contribution in [0, 0.1) is 5.41 Å². The van der Waals surface area contributed by atoms with Crippen LogP contribution < -0.4 is 20.7 Å². The first kappa shape index (κ1) is 28.5. The Hall–Kier alpha value is -1.55. The number of carbonyl (C=O) groups is 1. The molecule has 0 unspecified atom stereocenters. The fraction of sp³-hybridized carbons (Fsp3) is 0.667. The smallest absolute Gasteiger partial charge is 0.258 e. The fourth-order valence-electron chi connectivity index (χ4n) is 3.46. The highest BCUT2D eigenvalue weighted by Gasteiger charge is 2.25. The molecule has 1 aromatic rings. The van der Waals surface area contributed by atoms with Crippen LogP contribution >= 0.6 is 24.0 Å². The molecule has 0 saturated heterocycles. The van der Waals surface area contributed by atoms with Gasteiger partial charge in [-0.2, -0.15) is 0 Å². The number of hydrogen-bond acceptors (Lipinski definition) is 4. The van der Waals surface area contributed by atoms with Gasteiger partial charge in [0, 0.05) is 32.3 Å². The van der Waals surface area contributed by atoms with Crippen LogP contribution in [0.3, 0.4) is 0 Å². The maximum Gasteiger partial charge on any atom is 0.258 e. The largest absolute Gasteiger partial charge is 0.484 e. The number of guanidine groups is 1. The van der Waals surface area contributed by atoms with E-state index in [0.29, 0.717) is 18.3 Å². The van der Waals surface area contributed by atoms with E-state index in [1.54, 1.807) is 0 Å². The molecule has 4 N–H and O–H groups in total. The van der Waals surface area contributed by atoms with Crippen molar-refractivity contribution in [1.82, 2.24) is 16.0 Å². The van der Waals surface area contributed by atoms with Gasteiger partial charge in [0.05, 0.1) is 0 Å². The Bertz CT molecular complexity index is 689. The minimum Gasteiger partial charge on any atom is -0.484 e. The summed E-state index contributed by atoms with van der Waals surface area (Å²) in [5.41, 5.74) is 1.25. The Labute approximate surface area is 210 Å². The van der Waals surface area contributed by atoms with E-state index in [0.717, 1.165) is 57.6 Å². The zero-order valence-corrected chi connectivity index (χ0v) is 22.1. The summed E-state index contributed by atoms with van der Waals surface area (Å²) in [4.78, 5) is 16.5. The van der Waals surface area contributed by atoms with Crippen molar-refractivity contribution in [3.05, 3.63) is 29.8 Å². The molecule has 1 amide bonds. The summed E-state index contributed by atoms with van der Waals surface area (Å²) < 4.78 is 5.56. The minimum absolute atomic E-state index is 0. The van der Waals surface area contributed by atoms with Crippen molar-refractivity contribution in [2.75, 3.05) is 32.8 Å². The van der Waals surface area contributed by atoms with Gasteiger partial charge in [-0.05, 0) is 68.6 Å². The third kappa shape index (κ3) is 10.4. The topological polar surface area (TPSA) is 95.0 Å². The number of aliphatic imine (C=N–C) groups is 1. The Morgan fingerprint density at radius 2 is 1.84 bits per heavy atom. The van der Waals surface area contributed by atoms with Crippen LogP contribution in [0.4, 0.5) is 0 Å². The molecule has 0 bridgehead atoms. The van der Waals surface area contributed by atoms with Gasteiger partial charge >= 0.3 is 0 Å². The normalized spacial score (nSPS) is 13.8. The number of carbonyl (C=O) groups excluding carboxylic acids is 1. The van der Waals surface area contributed by atoms with Gasteiger partial charge in [-0.15, -0.1) is 24.0 Å². The second-order valence-corrected chi connectivity index (χ2v) is 8.33. The van der Waals surface area contributed by atoms with Crippen molar-refractivity contribution < 1.29 is 14.6 Å². The predicted octanol–water partition coefficient (Wildman–Crippen LogP) is 3.25. The summed E-state index contributed by atoms with van der Waals surface area (Å²) in [6.07, 6.45) is 5.80. The molecular formula is C24H41IN4O3. The first-order chi connectivity index (χ1) is 15.0. The Morgan fingerprint density at radius 3 is 2.41 bits per heavy atom. The van der Waals surface area contributed by atoms with Crippen LogP contribution in [0.15, 0.2) is 29.3 Å². The zero-order chi connectivity index (χ0) is 22.5. The molecule has 0 aromatic heterocycles. The first-order valence-corrected chi connectivity index (χ1v) is 11.7. The number of nitrogens with one attached hydrogen (secondary N) is 3. The standard InChI is InChI=1S/C24H40N4O3.HI/c1-4-24(5-2,14-16-29)18-27-23(25-6-3)26-15-13-19-7-11-21(12-8-19)31-17-22(30)28-20-9-10-20;/h7-8,11-12,20,29H,4-6,9-10,13-18H2,1-3H3,(H,28,30)(H2,25,26,27);1H. The third-order valence-electron chi connectivity index (χ3n) is 6.00.